The molecular weight excluding hydrogens is 785 g/mol. The molecule has 0 radical (unpaired) electrons. The van der Waals surface area contributed by atoms with Crippen LogP contribution in [-0.4, -0.2) is 70.1 Å². The molecule has 1 amide bonds. The van der Waals surface area contributed by atoms with Gasteiger partial charge >= 0.3 is 5.97 Å². The summed E-state index contributed by atoms with van der Waals surface area (Å²) < 4.78 is 68.2. The number of fused-ring (bicyclic) bond motifs is 2. The maximum Gasteiger partial charge on any atom is 0.303 e. The zero-order valence-corrected chi connectivity index (χ0v) is 31.7. The Morgan fingerprint density at radius 2 is 1.65 bits per heavy atom. The molecule has 0 aliphatic carbocycles. The van der Waals surface area contributed by atoms with Crippen LogP contribution in [0.15, 0.2) is 65.2 Å². The summed E-state index contributed by atoms with van der Waals surface area (Å²) >= 11 is 1.68. The average Bonchev–Trinajstić information content (AvgIpc) is 3.33. The number of aliphatic carboxylic acids is 1. The summed E-state index contributed by atoms with van der Waals surface area (Å²) in [6, 6.07) is 10.5. The lowest BCUT2D eigenvalue weighted by Crippen LogP contribution is -2.29. The monoisotopic (exact) mass is 828 g/mol. The van der Waals surface area contributed by atoms with Crippen LogP contribution < -0.4 is 10.2 Å². The van der Waals surface area contributed by atoms with Crippen LogP contribution in [0, 0.1) is 0 Å². The van der Waals surface area contributed by atoms with Crippen LogP contribution in [0.4, 0.5) is 16.2 Å². The first-order chi connectivity index (χ1) is 22.7. The van der Waals surface area contributed by atoms with Crippen molar-refractivity contribution in [2.75, 3.05) is 23.7 Å². The number of carbonyl (C=O) groups is 2. The first-order valence-corrected chi connectivity index (χ1v) is 20.0. The van der Waals surface area contributed by atoms with Crippen LogP contribution in [0.5, 0.6) is 0 Å². The molecule has 0 atom stereocenters. The van der Waals surface area contributed by atoms with E-state index in [9.17, 15) is 35.5 Å². The van der Waals surface area contributed by atoms with Gasteiger partial charge in [-0.3, -0.25) is 18.7 Å². The van der Waals surface area contributed by atoms with Crippen LogP contribution in [-0.2, 0) is 42.4 Å². The number of rotatable bonds is 15. The van der Waals surface area contributed by atoms with E-state index in [1.165, 1.54) is 12.1 Å². The van der Waals surface area contributed by atoms with Gasteiger partial charge in [0.15, 0.2) is 5.71 Å². The summed E-state index contributed by atoms with van der Waals surface area (Å²) in [7, 11) is -8.59. The van der Waals surface area contributed by atoms with Crippen molar-refractivity contribution in [3.8, 4) is 0 Å². The SMILES string of the molecule is CC1(C)C(/C=C/C=C2/N(CCCCCC(=O)O)c3ccc(S(=O)(=O)O)cc3C2(C)C)=[N+](CCCS(=O)(=O)O)c2ccc(CNC(=O)I)cc21. The number of nitrogens with zero attached hydrogens (tertiary/aromatic N) is 2. The third kappa shape index (κ3) is 9.17. The van der Waals surface area contributed by atoms with Gasteiger partial charge in [-0.1, -0.05) is 32.4 Å². The number of carboxylic acid groups (broad SMARTS) is 1. The Bertz CT molecular complexity index is 1950. The number of carbonyl (C=O) groups excluding carboxylic acids is 1. The Balaban J connectivity index is 1.75. The molecule has 2 aromatic carbocycles. The maximum atomic E-state index is 12.0. The number of hydrogen-bond acceptors (Lipinski definition) is 7. The lowest BCUT2D eigenvalue weighted by molar-refractivity contribution is -0.437. The summed E-state index contributed by atoms with van der Waals surface area (Å²) in [4.78, 5) is 24.5. The molecule has 2 aromatic rings. The second-order valence-corrected chi connectivity index (χ2v) is 17.3. The van der Waals surface area contributed by atoms with Gasteiger partial charge in [0.1, 0.15) is 6.54 Å². The van der Waals surface area contributed by atoms with Gasteiger partial charge in [0, 0.05) is 83.0 Å². The molecule has 4 N–H and O–H groups in total. The fourth-order valence-electron chi connectivity index (χ4n) is 6.66. The molecule has 4 rings (SSSR count). The number of hydrogen-bond donors (Lipinski definition) is 4. The van der Waals surface area contributed by atoms with Crippen molar-refractivity contribution in [3.63, 3.8) is 0 Å². The number of amides is 1. The van der Waals surface area contributed by atoms with E-state index in [0.29, 0.717) is 38.9 Å². The Hall–Kier alpha value is -3.12. The van der Waals surface area contributed by atoms with Crippen molar-refractivity contribution in [3.05, 3.63) is 77.0 Å². The minimum atomic E-state index is -4.43. The van der Waals surface area contributed by atoms with Crippen LogP contribution in [0.2, 0.25) is 0 Å². The Kier molecular flexibility index (Phi) is 11.8. The van der Waals surface area contributed by atoms with E-state index in [-0.39, 0.29) is 27.4 Å². The van der Waals surface area contributed by atoms with Crippen LogP contribution in [0.1, 0.15) is 76.5 Å². The van der Waals surface area contributed by atoms with Gasteiger partial charge in [0.2, 0.25) is 5.69 Å². The number of anilines is 1. The highest BCUT2D eigenvalue weighted by atomic mass is 127. The molecule has 12 nitrogen and oxygen atoms in total. The average molecular weight is 829 g/mol. The molecule has 0 aromatic heterocycles. The number of allylic oxidation sites excluding steroid dienone is 4. The fraction of sp³-hybridized carbons (Fsp3) is 0.441. The molecule has 0 fully saturated rings. The number of halogens is 1. The van der Waals surface area contributed by atoms with Gasteiger partial charge in [0.05, 0.1) is 16.1 Å². The molecule has 0 unspecified atom stereocenters. The van der Waals surface area contributed by atoms with Gasteiger partial charge in [-0.05, 0) is 68.2 Å². The highest BCUT2D eigenvalue weighted by Crippen LogP contribution is 2.49. The summed E-state index contributed by atoms with van der Waals surface area (Å²) in [6.07, 6.45) is 8.05. The molecule has 0 spiro atoms. The number of unbranched alkanes of at least 4 members (excludes halogenated alkanes) is 2. The van der Waals surface area contributed by atoms with Crippen molar-refractivity contribution in [2.24, 2.45) is 0 Å². The second kappa shape index (κ2) is 15.0. The quantitative estimate of drug-likeness (QED) is 0.0408. The molecule has 0 saturated heterocycles. The molecule has 0 saturated carbocycles. The lowest BCUT2D eigenvalue weighted by Gasteiger charge is -2.27. The minimum Gasteiger partial charge on any atom is -0.481 e. The Labute approximate surface area is 301 Å². The van der Waals surface area contributed by atoms with E-state index in [4.69, 9.17) is 5.11 Å². The number of carboxylic acids is 1. The van der Waals surface area contributed by atoms with E-state index >= 15 is 0 Å². The first-order valence-electron chi connectivity index (χ1n) is 15.9. The van der Waals surface area contributed by atoms with Crippen molar-refractivity contribution < 1.29 is 45.2 Å². The van der Waals surface area contributed by atoms with Crippen molar-refractivity contribution in [2.45, 2.75) is 82.1 Å². The van der Waals surface area contributed by atoms with Crippen molar-refractivity contribution in [1.82, 2.24) is 5.32 Å². The molecule has 0 bridgehead atoms. The summed E-state index contributed by atoms with van der Waals surface area (Å²) in [5, 5.41) is 11.9. The molecule has 15 heteroatoms. The first kappa shape index (κ1) is 38.7. The van der Waals surface area contributed by atoms with Gasteiger partial charge in [-0.25, -0.2) is 0 Å². The molecule has 2 heterocycles. The van der Waals surface area contributed by atoms with Crippen LogP contribution in [0.3, 0.4) is 0 Å². The van der Waals surface area contributed by atoms with E-state index in [1.807, 2.05) is 54.9 Å². The fourth-order valence-corrected chi connectivity index (χ4v) is 7.85. The topological polar surface area (TPSA) is 181 Å². The third-order valence-electron chi connectivity index (χ3n) is 9.11. The van der Waals surface area contributed by atoms with E-state index < -0.39 is 37.0 Å². The normalized spacial score (nSPS) is 17.5. The Morgan fingerprint density at radius 3 is 2.29 bits per heavy atom. The molecule has 2 aliphatic rings. The minimum absolute atomic E-state index is 0.0805. The molecular formula is C34H43IN3O9S2+. The summed E-state index contributed by atoms with van der Waals surface area (Å²) in [5.74, 6) is -1.24. The van der Waals surface area contributed by atoms with Gasteiger partial charge < -0.3 is 15.3 Å². The highest BCUT2D eigenvalue weighted by molar-refractivity contribution is 14.1. The van der Waals surface area contributed by atoms with Gasteiger partial charge in [-0.15, -0.1) is 0 Å². The number of benzene rings is 2. The molecule has 2 aliphatic heterocycles. The van der Waals surface area contributed by atoms with Gasteiger partial charge in [0.25, 0.3) is 24.2 Å². The third-order valence-corrected chi connectivity index (χ3v) is 11.1. The van der Waals surface area contributed by atoms with Crippen LogP contribution in [0.25, 0.3) is 0 Å². The summed E-state index contributed by atoms with van der Waals surface area (Å²) in [5.41, 5.74) is 4.94. The van der Waals surface area contributed by atoms with Crippen molar-refractivity contribution in [1.29, 1.82) is 0 Å². The van der Waals surface area contributed by atoms with Crippen LogP contribution >= 0.6 is 22.6 Å². The predicted molar refractivity (Wildman–Crippen MR) is 197 cm³/mol. The maximum absolute atomic E-state index is 12.0. The van der Waals surface area contributed by atoms with E-state index in [0.717, 1.165) is 39.5 Å². The predicted octanol–water partition coefficient (Wildman–Crippen LogP) is 6.11. The smallest absolute Gasteiger partial charge is 0.303 e. The van der Waals surface area contributed by atoms with E-state index in [1.54, 1.807) is 28.7 Å². The Morgan fingerprint density at radius 1 is 0.939 bits per heavy atom. The van der Waals surface area contributed by atoms with Crippen molar-refractivity contribution >= 4 is 69.8 Å². The zero-order valence-electron chi connectivity index (χ0n) is 27.9. The van der Waals surface area contributed by atoms with Gasteiger partial charge in [-0.2, -0.15) is 21.4 Å². The second-order valence-electron chi connectivity index (χ2n) is 13.3. The number of nitrogens with one attached hydrogen (secondary N) is 1. The lowest BCUT2D eigenvalue weighted by atomic mass is 9.80. The summed E-state index contributed by atoms with van der Waals surface area (Å²) in [6.45, 7) is 9.33. The molecule has 266 valence electrons. The standard InChI is InChI=1S/C34H42IN3O9S2/c1-33(2)25-20-23(22-36-32(35)41)13-15-27(25)38(18-9-19-48(42,43)44)29(33)10-8-11-30-34(3,4)26-21-24(49(45,46)47)14-16-28(26)37(30)17-7-5-6-12-31(39)40/h8,10-11,13-16,20-21H,5-7,9,12,17-19,22H2,1-4H3,(H3-,36,39,40,41,42,43,44,45,46,47)/p+1. The zero-order chi connectivity index (χ0) is 36.4. The van der Waals surface area contributed by atoms with E-state index in [2.05, 4.69) is 24.1 Å². The largest absolute Gasteiger partial charge is 0.481 e. The molecule has 49 heavy (non-hydrogen) atoms. The highest BCUT2D eigenvalue weighted by Gasteiger charge is 2.45.